The van der Waals surface area contributed by atoms with Gasteiger partial charge in [0.15, 0.2) is 5.76 Å². The van der Waals surface area contributed by atoms with Crippen LogP contribution >= 0.6 is 11.6 Å². The van der Waals surface area contributed by atoms with Gasteiger partial charge in [-0.15, -0.1) is 0 Å². The zero-order valence-corrected chi connectivity index (χ0v) is 14.0. The number of hydrogen-bond acceptors (Lipinski definition) is 4. The van der Waals surface area contributed by atoms with Gasteiger partial charge < -0.3 is 20.0 Å². The number of nitrogens with zero attached hydrogens (tertiary/aromatic N) is 1. The number of nitrogens with one attached hydrogen (secondary N) is 2. The third kappa shape index (κ3) is 4.00. The van der Waals surface area contributed by atoms with Crippen LogP contribution in [0.5, 0.6) is 0 Å². The average molecular weight is 362 g/mol. The standard InChI is InChI=1S/C17H16ClN3O4/c18-11-3-1-4-12(9-11)20-15(22)10-13-16(23)19-6-7-21(13)17(24)14-5-2-8-25-14/h1-5,8-9,13H,6-7,10H2,(H,19,23)(H,20,22)/t13-/m0/s1. The van der Waals surface area contributed by atoms with Gasteiger partial charge in [0.1, 0.15) is 6.04 Å². The lowest BCUT2D eigenvalue weighted by molar-refractivity contribution is -0.131. The van der Waals surface area contributed by atoms with Crippen LogP contribution in [0, 0.1) is 0 Å². The summed E-state index contributed by atoms with van der Waals surface area (Å²) in [5.74, 6) is -1.04. The smallest absolute Gasteiger partial charge is 0.290 e. The lowest BCUT2D eigenvalue weighted by Gasteiger charge is -2.34. The van der Waals surface area contributed by atoms with Crippen molar-refractivity contribution in [1.82, 2.24) is 10.2 Å². The largest absolute Gasteiger partial charge is 0.459 e. The molecule has 2 heterocycles. The summed E-state index contributed by atoms with van der Waals surface area (Å²) in [6, 6.07) is 8.91. The normalized spacial score (nSPS) is 17.1. The van der Waals surface area contributed by atoms with Crippen LogP contribution < -0.4 is 10.6 Å². The lowest BCUT2D eigenvalue weighted by atomic mass is 10.1. The van der Waals surface area contributed by atoms with Crippen molar-refractivity contribution in [1.29, 1.82) is 0 Å². The summed E-state index contributed by atoms with van der Waals surface area (Å²) in [6.07, 6.45) is 1.23. The van der Waals surface area contributed by atoms with Crippen LogP contribution in [-0.4, -0.2) is 41.8 Å². The molecule has 3 rings (SSSR count). The molecule has 2 aromatic rings. The van der Waals surface area contributed by atoms with E-state index in [-0.39, 0.29) is 24.0 Å². The van der Waals surface area contributed by atoms with Crippen LogP contribution in [0.1, 0.15) is 17.0 Å². The van der Waals surface area contributed by atoms with E-state index >= 15 is 0 Å². The molecule has 1 aliphatic heterocycles. The van der Waals surface area contributed by atoms with Gasteiger partial charge in [0.2, 0.25) is 11.8 Å². The fraction of sp³-hybridized carbons (Fsp3) is 0.235. The van der Waals surface area contributed by atoms with Crippen LogP contribution in [0.2, 0.25) is 5.02 Å². The first-order chi connectivity index (χ1) is 12.0. The van der Waals surface area contributed by atoms with E-state index in [1.807, 2.05) is 0 Å². The molecule has 7 nitrogen and oxygen atoms in total. The SMILES string of the molecule is O=C(C[C@H]1C(=O)NCCN1C(=O)c1ccco1)Nc1cccc(Cl)c1. The third-order valence-corrected chi connectivity index (χ3v) is 4.05. The van der Waals surface area contributed by atoms with Crippen molar-refractivity contribution in [3.05, 3.63) is 53.4 Å². The summed E-state index contributed by atoms with van der Waals surface area (Å²) in [5.41, 5.74) is 0.526. The number of piperazine rings is 1. The minimum absolute atomic E-state index is 0.134. The molecule has 1 aromatic carbocycles. The fourth-order valence-electron chi connectivity index (χ4n) is 2.66. The van der Waals surface area contributed by atoms with Crippen molar-refractivity contribution in [3.63, 3.8) is 0 Å². The van der Waals surface area contributed by atoms with Crippen molar-refractivity contribution < 1.29 is 18.8 Å². The summed E-state index contributed by atoms with van der Waals surface area (Å²) >= 11 is 5.89. The Kier molecular flexibility index (Phi) is 5.04. The molecule has 25 heavy (non-hydrogen) atoms. The van der Waals surface area contributed by atoms with E-state index in [9.17, 15) is 14.4 Å². The molecule has 1 atom stereocenters. The van der Waals surface area contributed by atoms with Crippen LogP contribution in [0.4, 0.5) is 5.69 Å². The molecule has 3 amide bonds. The van der Waals surface area contributed by atoms with Crippen molar-refractivity contribution in [2.24, 2.45) is 0 Å². The predicted octanol–water partition coefficient (Wildman–Crippen LogP) is 1.90. The van der Waals surface area contributed by atoms with E-state index in [0.29, 0.717) is 23.8 Å². The second kappa shape index (κ2) is 7.40. The molecule has 1 saturated heterocycles. The monoisotopic (exact) mass is 361 g/mol. The molecule has 0 radical (unpaired) electrons. The number of hydrogen-bond donors (Lipinski definition) is 2. The molecule has 8 heteroatoms. The Morgan fingerprint density at radius 3 is 2.88 bits per heavy atom. The number of rotatable bonds is 4. The Morgan fingerprint density at radius 2 is 2.16 bits per heavy atom. The maximum Gasteiger partial charge on any atom is 0.290 e. The molecule has 0 aliphatic carbocycles. The number of carbonyl (C=O) groups is 3. The molecule has 1 fully saturated rings. The fourth-order valence-corrected chi connectivity index (χ4v) is 2.85. The van der Waals surface area contributed by atoms with Gasteiger partial charge in [0.05, 0.1) is 12.7 Å². The Morgan fingerprint density at radius 1 is 1.32 bits per heavy atom. The molecule has 1 aromatic heterocycles. The zero-order chi connectivity index (χ0) is 17.8. The number of anilines is 1. The van der Waals surface area contributed by atoms with Gasteiger partial charge >= 0.3 is 0 Å². The lowest BCUT2D eigenvalue weighted by Crippen LogP contribution is -2.58. The van der Waals surface area contributed by atoms with Crippen LogP contribution in [0.3, 0.4) is 0 Å². The van der Waals surface area contributed by atoms with Crippen molar-refractivity contribution in [2.45, 2.75) is 12.5 Å². The highest BCUT2D eigenvalue weighted by atomic mass is 35.5. The van der Waals surface area contributed by atoms with Gasteiger partial charge in [-0.1, -0.05) is 17.7 Å². The molecule has 130 valence electrons. The zero-order valence-electron chi connectivity index (χ0n) is 13.2. The minimum atomic E-state index is -0.898. The van der Waals surface area contributed by atoms with E-state index in [1.54, 1.807) is 30.3 Å². The van der Waals surface area contributed by atoms with Crippen molar-refractivity contribution >= 4 is 35.0 Å². The van der Waals surface area contributed by atoms with E-state index in [0.717, 1.165) is 0 Å². The molecular formula is C17H16ClN3O4. The number of halogens is 1. The van der Waals surface area contributed by atoms with E-state index in [1.165, 1.54) is 17.2 Å². The van der Waals surface area contributed by atoms with Gasteiger partial charge in [0.25, 0.3) is 5.91 Å². The molecule has 0 spiro atoms. The first-order valence-corrected chi connectivity index (χ1v) is 8.10. The van der Waals surface area contributed by atoms with E-state index in [4.69, 9.17) is 16.0 Å². The Labute approximate surface area is 148 Å². The Hall–Kier alpha value is -2.80. The molecule has 0 saturated carbocycles. The molecular weight excluding hydrogens is 346 g/mol. The second-order valence-corrected chi connectivity index (χ2v) is 5.98. The molecule has 2 N–H and O–H groups in total. The minimum Gasteiger partial charge on any atom is -0.459 e. The first-order valence-electron chi connectivity index (χ1n) is 7.72. The summed E-state index contributed by atoms with van der Waals surface area (Å²) in [5, 5.41) is 5.84. The van der Waals surface area contributed by atoms with Crippen LogP contribution in [0.15, 0.2) is 47.1 Å². The first kappa shape index (κ1) is 17.0. The third-order valence-electron chi connectivity index (χ3n) is 3.81. The van der Waals surface area contributed by atoms with E-state index in [2.05, 4.69) is 10.6 Å². The van der Waals surface area contributed by atoms with Crippen molar-refractivity contribution in [2.75, 3.05) is 18.4 Å². The number of amides is 3. The average Bonchev–Trinajstić information content (AvgIpc) is 3.10. The second-order valence-electron chi connectivity index (χ2n) is 5.55. The number of benzene rings is 1. The summed E-state index contributed by atoms with van der Waals surface area (Å²) in [6.45, 7) is 0.637. The molecule has 0 unspecified atom stereocenters. The summed E-state index contributed by atoms with van der Waals surface area (Å²) in [4.78, 5) is 38.3. The highest BCUT2D eigenvalue weighted by Crippen LogP contribution is 2.18. The number of carbonyl (C=O) groups excluding carboxylic acids is 3. The van der Waals surface area contributed by atoms with Gasteiger partial charge in [-0.25, -0.2) is 0 Å². The van der Waals surface area contributed by atoms with Gasteiger partial charge in [-0.3, -0.25) is 14.4 Å². The Balaban J connectivity index is 1.71. The summed E-state index contributed by atoms with van der Waals surface area (Å²) < 4.78 is 5.11. The highest BCUT2D eigenvalue weighted by molar-refractivity contribution is 6.30. The van der Waals surface area contributed by atoms with Crippen molar-refractivity contribution in [3.8, 4) is 0 Å². The summed E-state index contributed by atoms with van der Waals surface area (Å²) in [7, 11) is 0. The number of furan rings is 1. The maximum absolute atomic E-state index is 12.5. The van der Waals surface area contributed by atoms with Gasteiger partial charge in [-0.2, -0.15) is 0 Å². The molecule has 0 bridgehead atoms. The quantitative estimate of drug-likeness (QED) is 0.870. The van der Waals surface area contributed by atoms with E-state index < -0.39 is 11.9 Å². The highest BCUT2D eigenvalue weighted by Gasteiger charge is 2.36. The Bertz CT molecular complexity index is 791. The van der Waals surface area contributed by atoms with Gasteiger partial charge in [0, 0.05) is 23.8 Å². The van der Waals surface area contributed by atoms with Crippen LogP contribution in [-0.2, 0) is 9.59 Å². The van der Waals surface area contributed by atoms with Crippen LogP contribution in [0.25, 0.3) is 0 Å². The molecule has 1 aliphatic rings. The topological polar surface area (TPSA) is 91.7 Å². The maximum atomic E-state index is 12.5. The predicted molar refractivity (Wildman–Crippen MR) is 91.2 cm³/mol. The van der Waals surface area contributed by atoms with Gasteiger partial charge in [-0.05, 0) is 30.3 Å².